The molecule has 0 aromatic rings. The van der Waals surface area contributed by atoms with Crippen LogP contribution in [0.4, 0.5) is 0 Å². The SMILES string of the molecule is CN(CC1CCCOC1)C1(CN)CCCC1S(C)(=O)=O. The van der Waals surface area contributed by atoms with Crippen LogP contribution in [0.3, 0.4) is 0 Å². The van der Waals surface area contributed by atoms with Gasteiger partial charge in [0.2, 0.25) is 0 Å². The largest absolute Gasteiger partial charge is 0.381 e. The predicted molar refractivity (Wildman–Crippen MR) is 80.4 cm³/mol. The van der Waals surface area contributed by atoms with Gasteiger partial charge < -0.3 is 10.5 Å². The molecule has 2 fully saturated rings. The topological polar surface area (TPSA) is 72.6 Å². The quantitative estimate of drug-likeness (QED) is 0.807. The number of likely N-dealkylation sites (N-methyl/N-ethyl adjacent to an activating group) is 1. The molecule has 0 spiro atoms. The van der Waals surface area contributed by atoms with Gasteiger partial charge in [0.05, 0.1) is 11.9 Å². The summed E-state index contributed by atoms with van der Waals surface area (Å²) in [4.78, 5) is 2.21. The Kier molecular flexibility index (Phi) is 5.10. The van der Waals surface area contributed by atoms with Crippen molar-refractivity contribution in [2.24, 2.45) is 11.7 Å². The van der Waals surface area contributed by atoms with Gasteiger partial charge in [-0.2, -0.15) is 0 Å². The second-order valence-electron chi connectivity index (χ2n) is 6.48. The zero-order chi connectivity index (χ0) is 14.8. The summed E-state index contributed by atoms with van der Waals surface area (Å²) >= 11 is 0. The summed E-state index contributed by atoms with van der Waals surface area (Å²) in [7, 11) is -1.03. The molecular weight excluding hydrogens is 276 g/mol. The van der Waals surface area contributed by atoms with Gasteiger partial charge in [0.15, 0.2) is 9.84 Å². The first-order valence-electron chi connectivity index (χ1n) is 7.58. The highest BCUT2D eigenvalue weighted by atomic mass is 32.2. The number of ether oxygens (including phenoxy) is 1. The summed E-state index contributed by atoms with van der Waals surface area (Å²) in [6, 6.07) is 0. The molecule has 2 aliphatic rings. The van der Waals surface area contributed by atoms with Gasteiger partial charge in [-0.3, -0.25) is 4.90 Å². The Morgan fingerprint density at radius 2 is 2.10 bits per heavy atom. The fourth-order valence-corrected chi connectivity index (χ4v) is 5.77. The maximum Gasteiger partial charge on any atom is 0.152 e. The molecule has 118 valence electrons. The molecule has 0 aromatic heterocycles. The highest BCUT2D eigenvalue weighted by molar-refractivity contribution is 7.91. The van der Waals surface area contributed by atoms with Gasteiger partial charge in [-0.05, 0) is 38.6 Å². The molecule has 0 bridgehead atoms. The molecule has 1 heterocycles. The lowest BCUT2D eigenvalue weighted by Gasteiger charge is -2.43. The van der Waals surface area contributed by atoms with Gasteiger partial charge in [0.1, 0.15) is 0 Å². The molecule has 2 rings (SSSR count). The highest BCUT2D eigenvalue weighted by Crippen LogP contribution is 2.39. The Morgan fingerprint density at radius 1 is 1.35 bits per heavy atom. The number of sulfone groups is 1. The van der Waals surface area contributed by atoms with Crippen LogP contribution >= 0.6 is 0 Å². The Morgan fingerprint density at radius 3 is 2.65 bits per heavy atom. The van der Waals surface area contributed by atoms with Crippen LogP contribution in [0.15, 0.2) is 0 Å². The van der Waals surface area contributed by atoms with Crippen molar-refractivity contribution >= 4 is 9.84 Å². The molecule has 0 aromatic carbocycles. The molecule has 1 aliphatic heterocycles. The van der Waals surface area contributed by atoms with Crippen LogP contribution in [0.5, 0.6) is 0 Å². The van der Waals surface area contributed by atoms with Crippen LogP contribution in [-0.2, 0) is 14.6 Å². The van der Waals surface area contributed by atoms with Gasteiger partial charge in [-0.25, -0.2) is 8.42 Å². The van der Waals surface area contributed by atoms with Crippen LogP contribution in [0.1, 0.15) is 32.1 Å². The van der Waals surface area contributed by atoms with Crippen molar-refractivity contribution in [3.05, 3.63) is 0 Å². The Labute approximate surface area is 122 Å². The third kappa shape index (κ3) is 3.18. The second-order valence-corrected chi connectivity index (χ2v) is 8.71. The van der Waals surface area contributed by atoms with Crippen molar-refractivity contribution in [3.8, 4) is 0 Å². The van der Waals surface area contributed by atoms with Crippen LogP contribution in [0.25, 0.3) is 0 Å². The third-order valence-corrected chi connectivity index (χ3v) is 6.80. The minimum atomic E-state index is -3.06. The van der Waals surface area contributed by atoms with E-state index in [1.165, 1.54) is 6.26 Å². The molecule has 1 saturated carbocycles. The van der Waals surface area contributed by atoms with Gasteiger partial charge >= 0.3 is 0 Å². The van der Waals surface area contributed by atoms with Crippen molar-refractivity contribution in [1.29, 1.82) is 0 Å². The first-order valence-corrected chi connectivity index (χ1v) is 9.53. The average molecular weight is 304 g/mol. The van der Waals surface area contributed by atoms with E-state index in [9.17, 15) is 8.42 Å². The lowest BCUT2D eigenvalue weighted by molar-refractivity contribution is 0.0222. The van der Waals surface area contributed by atoms with E-state index in [0.29, 0.717) is 12.5 Å². The molecule has 1 aliphatic carbocycles. The number of nitrogens with zero attached hydrogens (tertiary/aromatic N) is 1. The fraction of sp³-hybridized carbons (Fsp3) is 1.00. The molecular formula is C14H28N2O3S. The first-order chi connectivity index (χ1) is 9.40. The van der Waals surface area contributed by atoms with Crippen LogP contribution < -0.4 is 5.73 Å². The highest BCUT2D eigenvalue weighted by Gasteiger charge is 2.50. The maximum atomic E-state index is 12.1. The smallest absolute Gasteiger partial charge is 0.152 e. The minimum Gasteiger partial charge on any atom is -0.381 e. The van der Waals surface area contributed by atoms with Crippen molar-refractivity contribution in [2.75, 3.05) is 39.6 Å². The summed E-state index contributed by atoms with van der Waals surface area (Å²) in [6.45, 7) is 2.93. The molecule has 2 N–H and O–H groups in total. The van der Waals surface area contributed by atoms with Crippen molar-refractivity contribution in [1.82, 2.24) is 4.90 Å². The third-order valence-electron chi connectivity index (χ3n) is 5.09. The predicted octanol–water partition coefficient (Wildman–Crippen LogP) is 0.639. The molecule has 5 nitrogen and oxygen atoms in total. The molecule has 0 radical (unpaired) electrons. The van der Waals surface area contributed by atoms with E-state index in [4.69, 9.17) is 10.5 Å². The van der Waals surface area contributed by atoms with Crippen LogP contribution in [-0.4, -0.2) is 63.7 Å². The lowest BCUT2D eigenvalue weighted by Crippen LogP contribution is -2.60. The molecule has 20 heavy (non-hydrogen) atoms. The normalized spacial score (nSPS) is 35.6. The standard InChI is InChI=1S/C14H28N2O3S/c1-16(9-12-5-4-8-19-10-12)14(11-15)7-3-6-13(14)20(2,17)18/h12-13H,3-11,15H2,1-2H3. The molecule has 6 heteroatoms. The van der Waals surface area contributed by atoms with E-state index in [2.05, 4.69) is 4.90 Å². The maximum absolute atomic E-state index is 12.1. The zero-order valence-electron chi connectivity index (χ0n) is 12.7. The van der Waals surface area contributed by atoms with Gasteiger partial charge in [-0.15, -0.1) is 0 Å². The Bertz CT molecular complexity index is 420. The molecule has 0 amide bonds. The number of rotatable bonds is 5. The molecule has 3 atom stereocenters. The van der Waals surface area contributed by atoms with Crippen molar-refractivity contribution in [3.63, 3.8) is 0 Å². The van der Waals surface area contributed by atoms with Gasteiger partial charge in [0, 0.05) is 31.5 Å². The van der Waals surface area contributed by atoms with E-state index >= 15 is 0 Å². The zero-order valence-corrected chi connectivity index (χ0v) is 13.5. The summed E-state index contributed by atoms with van der Waals surface area (Å²) < 4.78 is 29.7. The van der Waals surface area contributed by atoms with E-state index in [-0.39, 0.29) is 10.8 Å². The number of hydrogen-bond donors (Lipinski definition) is 1. The number of nitrogens with two attached hydrogens (primary N) is 1. The Hall–Kier alpha value is -0.170. The van der Waals surface area contributed by atoms with Crippen molar-refractivity contribution in [2.45, 2.75) is 42.9 Å². The summed E-state index contributed by atoms with van der Waals surface area (Å²) in [6.07, 6.45) is 6.18. The monoisotopic (exact) mass is 304 g/mol. The fourth-order valence-electron chi connectivity index (χ4n) is 3.98. The summed E-state index contributed by atoms with van der Waals surface area (Å²) in [5, 5.41) is -0.325. The molecule has 1 saturated heterocycles. The Balaban J connectivity index is 2.12. The van der Waals surface area contributed by atoms with Crippen LogP contribution in [0, 0.1) is 5.92 Å². The van der Waals surface area contributed by atoms with Crippen molar-refractivity contribution < 1.29 is 13.2 Å². The summed E-state index contributed by atoms with van der Waals surface area (Å²) in [5.74, 6) is 0.498. The summed E-state index contributed by atoms with van der Waals surface area (Å²) in [5.41, 5.74) is 5.64. The van der Waals surface area contributed by atoms with E-state index < -0.39 is 9.84 Å². The van der Waals surface area contributed by atoms with E-state index in [1.54, 1.807) is 0 Å². The van der Waals surface area contributed by atoms with E-state index in [0.717, 1.165) is 51.9 Å². The lowest BCUT2D eigenvalue weighted by atomic mass is 9.92. The number of hydrogen-bond acceptors (Lipinski definition) is 5. The molecule has 3 unspecified atom stereocenters. The first kappa shape index (κ1) is 16.2. The average Bonchev–Trinajstić information content (AvgIpc) is 2.85. The van der Waals surface area contributed by atoms with E-state index in [1.807, 2.05) is 7.05 Å². The van der Waals surface area contributed by atoms with Crippen LogP contribution in [0.2, 0.25) is 0 Å². The minimum absolute atomic E-state index is 0.325. The van der Waals surface area contributed by atoms with Gasteiger partial charge in [0.25, 0.3) is 0 Å². The van der Waals surface area contributed by atoms with Gasteiger partial charge in [-0.1, -0.05) is 6.42 Å². The second kappa shape index (κ2) is 6.30.